The molecular formula is C20H26N4O2. The Bertz CT molecular complexity index is 770. The molecule has 1 aromatic heterocycles. The first-order valence-electron chi connectivity index (χ1n) is 9.58. The molecule has 138 valence electrons. The maximum absolute atomic E-state index is 12.6. The van der Waals surface area contributed by atoms with Gasteiger partial charge in [0.15, 0.2) is 0 Å². The van der Waals surface area contributed by atoms with E-state index in [-0.39, 0.29) is 11.7 Å². The Morgan fingerprint density at radius 2 is 2.12 bits per heavy atom. The first-order chi connectivity index (χ1) is 12.7. The van der Waals surface area contributed by atoms with Gasteiger partial charge in [0.25, 0.3) is 5.91 Å². The molecule has 6 nitrogen and oxygen atoms in total. The molecule has 0 unspecified atom stereocenters. The number of aromatic hydroxyl groups is 1. The highest BCUT2D eigenvalue weighted by Gasteiger charge is 2.19. The van der Waals surface area contributed by atoms with Crippen LogP contribution >= 0.6 is 0 Å². The molecule has 2 aliphatic rings. The van der Waals surface area contributed by atoms with Crippen molar-refractivity contribution in [3.63, 3.8) is 0 Å². The minimum Gasteiger partial charge on any atom is -0.507 e. The predicted octanol–water partition coefficient (Wildman–Crippen LogP) is 2.67. The van der Waals surface area contributed by atoms with E-state index in [0.717, 1.165) is 36.6 Å². The number of rotatable bonds is 4. The summed E-state index contributed by atoms with van der Waals surface area (Å²) in [4.78, 5) is 12.6. The number of nitrogens with one attached hydrogen (secondary N) is 2. The van der Waals surface area contributed by atoms with Crippen LogP contribution in [0.1, 0.15) is 65.3 Å². The van der Waals surface area contributed by atoms with Crippen LogP contribution in [0.5, 0.6) is 5.75 Å². The molecule has 1 saturated carbocycles. The van der Waals surface area contributed by atoms with Crippen molar-refractivity contribution < 1.29 is 9.90 Å². The third kappa shape index (κ3) is 3.60. The van der Waals surface area contributed by atoms with Crippen molar-refractivity contribution in [3.05, 3.63) is 46.8 Å². The van der Waals surface area contributed by atoms with Crippen molar-refractivity contribution in [1.29, 1.82) is 0 Å². The number of hydrogen-bond acceptors (Lipinski definition) is 4. The van der Waals surface area contributed by atoms with Gasteiger partial charge in [-0.1, -0.05) is 25.3 Å². The van der Waals surface area contributed by atoms with E-state index in [4.69, 9.17) is 0 Å². The van der Waals surface area contributed by atoms with Gasteiger partial charge in [-0.15, -0.1) is 0 Å². The van der Waals surface area contributed by atoms with Crippen LogP contribution < -0.4 is 10.6 Å². The summed E-state index contributed by atoms with van der Waals surface area (Å²) >= 11 is 0. The number of benzene rings is 1. The highest BCUT2D eigenvalue weighted by Crippen LogP contribution is 2.34. The summed E-state index contributed by atoms with van der Waals surface area (Å²) in [5.41, 5.74) is 3.51. The molecule has 1 amide bonds. The molecule has 0 bridgehead atoms. The number of phenols is 1. The maximum atomic E-state index is 12.6. The van der Waals surface area contributed by atoms with Crippen LogP contribution in [0, 0.1) is 0 Å². The van der Waals surface area contributed by atoms with Gasteiger partial charge in [0.05, 0.1) is 30.0 Å². The molecule has 6 heteroatoms. The van der Waals surface area contributed by atoms with Crippen LogP contribution in [0.15, 0.2) is 24.3 Å². The molecule has 2 aromatic rings. The summed E-state index contributed by atoms with van der Waals surface area (Å²) in [6.07, 6.45) is 6.12. The molecule has 1 aromatic carbocycles. The number of aromatic nitrogens is 2. The molecule has 0 spiro atoms. The Balaban J connectivity index is 1.44. The van der Waals surface area contributed by atoms with E-state index in [0.29, 0.717) is 18.0 Å². The third-order valence-corrected chi connectivity index (χ3v) is 5.49. The first kappa shape index (κ1) is 17.1. The highest BCUT2D eigenvalue weighted by molar-refractivity contribution is 5.97. The van der Waals surface area contributed by atoms with Gasteiger partial charge in [0, 0.05) is 13.1 Å². The van der Waals surface area contributed by atoms with Gasteiger partial charge in [-0.25, -0.2) is 0 Å². The van der Waals surface area contributed by atoms with E-state index in [1.54, 1.807) is 6.07 Å². The molecule has 0 saturated heterocycles. The summed E-state index contributed by atoms with van der Waals surface area (Å²) < 4.78 is 1.99. The maximum Gasteiger partial charge on any atom is 0.255 e. The molecule has 3 N–H and O–H groups in total. The summed E-state index contributed by atoms with van der Waals surface area (Å²) in [5, 5.41) is 20.9. The number of phenolic OH excluding ortho intramolecular Hbond substituents is 1. The molecule has 1 aliphatic carbocycles. The van der Waals surface area contributed by atoms with Gasteiger partial charge in [-0.2, -0.15) is 5.10 Å². The fourth-order valence-corrected chi connectivity index (χ4v) is 4.03. The second-order valence-corrected chi connectivity index (χ2v) is 7.32. The Morgan fingerprint density at radius 3 is 2.92 bits per heavy atom. The lowest BCUT2D eigenvalue weighted by molar-refractivity contribution is 0.0947. The monoisotopic (exact) mass is 354 g/mol. The molecule has 1 fully saturated rings. The predicted molar refractivity (Wildman–Crippen MR) is 99.0 cm³/mol. The zero-order valence-electron chi connectivity index (χ0n) is 15.0. The van der Waals surface area contributed by atoms with Gasteiger partial charge in [0.2, 0.25) is 0 Å². The van der Waals surface area contributed by atoms with Crippen molar-refractivity contribution >= 4 is 5.91 Å². The average Bonchev–Trinajstić information content (AvgIpc) is 3.10. The summed E-state index contributed by atoms with van der Waals surface area (Å²) in [6, 6.07) is 7.49. The Labute approximate surface area is 153 Å². The van der Waals surface area contributed by atoms with Crippen molar-refractivity contribution in [2.24, 2.45) is 0 Å². The Morgan fingerprint density at radius 1 is 1.27 bits per heavy atom. The number of hydrogen-bond donors (Lipinski definition) is 3. The van der Waals surface area contributed by atoms with Gasteiger partial charge >= 0.3 is 0 Å². The number of amides is 1. The molecule has 2 heterocycles. The summed E-state index contributed by atoms with van der Waals surface area (Å²) in [5.74, 6) is 0.294. The summed E-state index contributed by atoms with van der Waals surface area (Å²) in [7, 11) is 0. The van der Waals surface area contributed by atoms with Crippen LogP contribution in [0.2, 0.25) is 0 Å². The lowest BCUT2D eigenvalue weighted by atomic mass is 9.83. The van der Waals surface area contributed by atoms with Crippen molar-refractivity contribution in [3.8, 4) is 5.75 Å². The largest absolute Gasteiger partial charge is 0.507 e. The van der Waals surface area contributed by atoms with E-state index >= 15 is 0 Å². The van der Waals surface area contributed by atoms with Gasteiger partial charge in [0.1, 0.15) is 5.75 Å². The number of carbonyl (C=O) groups is 1. The Hall–Kier alpha value is -2.34. The van der Waals surface area contributed by atoms with Crippen molar-refractivity contribution in [2.75, 3.05) is 6.54 Å². The van der Waals surface area contributed by atoms with Crippen molar-refractivity contribution in [2.45, 2.75) is 57.7 Å². The van der Waals surface area contributed by atoms with Crippen molar-refractivity contribution in [1.82, 2.24) is 20.4 Å². The molecule has 1 aliphatic heterocycles. The third-order valence-electron chi connectivity index (χ3n) is 5.49. The first-order valence-corrected chi connectivity index (χ1v) is 9.58. The number of nitrogens with zero attached hydrogens (tertiary/aromatic N) is 2. The lowest BCUT2D eigenvalue weighted by Crippen LogP contribution is -2.28. The minimum atomic E-state index is -0.246. The number of fused-ring (bicyclic) bond motifs is 1. The van der Waals surface area contributed by atoms with E-state index in [1.807, 2.05) is 22.9 Å². The average molecular weight is 354 g/mol. The van der Waals surface area contributed by atoms with E-state index in [1.165, 1.54) is 32.1 Å². The second-order valence-electron chi connectivity index (χ2n) is 7.32. The summed E-state index contributed by atoms with van der Waals surface area (Å²) in [6.45, 7) is 2.95. The fourth-order valence-electron chi connectivity index (χ4n) is 4.03. The normalized spacial score (nSPS) is 17.7. The quantitative estimate of drug-likeness (QED) is 0.789. The standard InChI is InChI=1S/C20H26N4O2/c25-19-7-6-15(14-4-2-1-3-5-14)10-18(19)20(26)22-12-16-11-17-13-21-8-9-24(17)23-16/h6-7,10-11,14,21,25H,1-5,8-9,12-13H2,(H,22,26). The highest BCUT2D eigenvalue weighted by atomic mass is 16.3. The molecule has 0 radical (unpaired) electrons. The smallest absolute Gasteiger partial charge is 0.255 e. The van der Waals surface area contributed by atoms with Crippen LogP contribution in [-0.4, -0.2) is 27.3 Å². The second kappa shape index (κ2) is 7.50. The fraction of sp³-hybridized carbons (Fsp3) is 0.500. The van der Waals surface area contributed by atoms with Crippen LogP contribution in [0.3, 0.4) is 0 Å². The van der Waals surface area contributed by atoms with Crippen LogP contribution in [0.4, 0.5) is 0 Å². The topological polar surface area (TPSA) is 79.2 Å². The van der Waals surface area contributed by atoms with Crippen LogP contribution in [-0.2, 0) is 19.6 Å². The van der Waals surface area contributed by atoms with E-state index < -0.39 is 0 Å². The van der Waals surface area contributed by atoms with Gasteiger partial charge in [-0.3, -0.25) is 9.48 Å². The lowest BCUT2D eigenvalue weighted by Gasteiger charge is -2.22. The Kier molecular flexibility index (Phi) is 4.93. The SMILES string of the molecule is O=C(NCc1cc2n(n1)CCNC2)c1cc(C2CCCCC2)ccc1O. The van der Waals surface area contributed by atoms with Gasteiger partial charge in [-0.05, 0) is 42.5 Å². The molecule has 0 atom stereocenters. The van der Waals surface area contributed by atoms with Crippen LogP contribution in [0.25, 0.3) is 0 Å². The number of carbonyl (C=O) groups excluding carboxylic acids is 1. The zero-order chi connectivity index (χ0) is 17.9. The van der Waals surface area contributed by atoms with E-state index in [9.17, 15) is 9.90 Å². The van der Waals surface area contributed by atoms with Gasteiger partial charge < -0.3 is 15.7 Å². The molecular weight excluding hydrogens is 328 g/mol. The molecule has 4 rings (SSSR count). The molecule has 26 heavy (non-hydrogen) atoms. The minimum absolute atomic E-state index is 0.0374. The van der Waals surface area contributed by atoms with E-state index in [2.05, 4.69) is 15.7 Å². The zero-order valence-corrected chi connectivity index (χ0v) is 15.0.